The van der Waals surface area contributed by atoms with Crippen molar-refractivity contribution in [2.75, 3.05) is 15.1 Å². The number of halogens is 6. The number of hydroxylamine groups is 2. The molecule has 1 aliphatic heterocycles. The van der Waals surface area contributed by atoms with Gasteiger partial charge in [0.15, 0.2) is 0 Å². The van der Waals surface area contributed by atoms with Crippen LogP contribution < -0.4 is 10.1 Å². The maximum absolute atomic E-state index is 12.5. The number of benzene rings is 3. The first-order valence-electron chi connectivity index (χ1n) is 10.7. The van der Waals surface area contributed by atoms with Gasteiger partial charge in [-0.1, -0.05) is 0 Å². The molecule has 0 saturated heterocycles. The fraction of sp³-hybridized carbons (Fsp3) is 0.160. The Morgan fingerprint density at radius 2 is 1.33 bits per heavy atom. The number of fused-ring (bicyclic) bond motifs is 1. The normalized spacial score (nSPS) is 12.6. The summed E-state index contributed by atoms with van der Waals surface area (Å²) in [6.07, 6.45) is -4.99. The van der Waals surface area contributed by atoms with Crippen molar-refractivity contribution in [3.63, 3.8) is 0 Å². The van der Waals surface area contributed by atoms with Crippen LogP contribution in [-0.4, -0.2) is 34.3 Å². The molecule has 0 spiro atoms. The van der Waals surface area contributed by atoms with E-state index in [4.69, 9.17) is 8.27 Å². The predicted octanol–water partition coefficient (Wildman–Crippen LogP) is 6.28. The molecule has 1 aliphatic rings. The average molecular weight is 668 g/mol. The Labute approximate surface area is 227 Å². The van der Waals surface area contributed by atoms with E-state index in [1.54, 1.807) is 0 Å². The van der Waals surface area contributed by atoms with E-state index in [2.05, 4.69) is 4.84 Å². The van der Waals surface area contributed by atoms with E-state index in [0.29, 0.717) is 5.06 Å². The van der Waals surface area contributed by atoms with Gasteiger partial charge in [0.05, 0.1) is 11.4 Å². The predicted molar refractivity (Wildman–Crippen MR) is 139 cm³/mol. The number of amides is 2. The van der Waals surface area contributed by atoms with Gasteiger partial charge < -0.3 is 0 Å². The minimum absolute atomic E-state index is 0.0411. The van der Waals surface area contributed by atoms with Crippen molar-refractivity contribution >= 4 is 49.4 Å². The summed E-state index contributed by atoms with van der Waals surface area (Å²) in [7, 11) is 0. The molecule has 14 heteroatoms. The van der Waals surface area contributed by atoms with Crippen molar-refractivity contribution in [2.45, 2.75) is 20.2 Å². The van der Waals surface area contributed by atoms with E-state index in [9.17, 15) is 36.3 Å². The number of nitrogens with zero attached hydrogens (tertiary/aromatic N) is 2. The van der Waals surface area contributed by atoms with Crippen LogP contribution in [0.2, 0.25) is 0 Å². The molecule has 39 heavy (non-hydrogen) atoms. The Balaban J connectivity index is 0.000000209. The molecule has 210 valence electrons. The van der Waals surface area contributed by atoms with Gasteiger partial charge in [-0.3, -0.25) is 14.8 Å². The molecule has 0 saturated carbocycles. The van der Waals surface area contributed by atoms with Crippen molar-refractivity contribution in [1.82, 2.24) is 0 Å². The Hall–Kier alpha value is -3.63. The molecule has 1 N–H and O–H groups in total. The van der Waals surface area contributed by atoms with Gasteiger partial charge in [0.1, 0.15) is 11.6 Å². The molecule has 4 rings (SSSR count). The number of rotatable bonds is 3. The van der Waals surface area contributed by atoms with Gasteiger partial charge in [0, 0.05) is 13.8 Å². The van der Waals surface area contributed by atoms with Crippen LogP contribution in [0.5, 0.6) is 0 Å². The number of alkyl halides is 4. The van der Waals surface area contributed by atoms with Crippen molar-refractivity contribution in [3.05, 3.63) is 93.6 Å². The van der Waals surface area contributed by atoms with Crippen LogP contribution >= 0.6 is 20.2 Å². The first kappa shape index (κ1) is 31.6. The topological polar surface area (TPSA) is 96.4 Å². The Bertz CT molecular complexity index is 1290. The molecule has 8 nitrogen and oxygen atoms in total. The Morgan fingerprint density at radius 1 is 0.846 bits per heavy atom. The van der Waals surface area contributed by atoms with Gasteiger partial charge in [-0.05, 0) is 48.5 Å². The van der Waals surface area contributed by atoms with E-state index in [1.807, 2.05) is 29.2 Å². The van der Waals surface area contributed by atoms with Crippen LogP contribution in [-0.2, 0) is 17.5 Å². The second kappa shape index (κ2) is 14.0. The molecule has 0 aliphatic carbocycles. The number of carbonyl (C=O) groups is 3. The number of hydrogen-bond acceptors (Lipinski definition) is 6. The summed E-state index contributed by atoms with van der Waals surface area (Å²) in [5.41, 5.74) is 0.829. The summed E-state index contributed by atoms with van der Waals surface area (Å²) in [4.78, 5) is 38.1. The second-order valence-corrected chi connectivity index (χ2v) is 11.4. The van der Waals surface area contributed by atoms with E-state index in [0.717, 1.165) is 40.3 Å². The standard InChI is InChI=1S/C9H7F4NO2.C8H8FNO2.C8H7IO2/c1-6(15)14(16-9(11,12)13)8-4-2-7(10)3-5-8;1-6(11)10(12)8-4-2-7(9)3-5-8;1-9-7-5-3-2-4-6(7)8(10)11-9/h2-5H,1H3;2-5,12H,1H3;2-5H,1H3. The van der Waals surface area contributed by atoms with Crippen molar-refractivity contribution in [1.29, 1.82) is 0 Å². The minimum atomic E-state index is -4.99. The summed E-state index contributed by atoms with van der Waals surface area (Å²) in [6, 6.07) is 16.5. The SMILES string of the molecule is CC(=O)N(O)c1ccc(F)cc1.CC(=O)N(OC(F)(F)F)c1ccc(F)cc1.CI1OC(=O)c2ccccc21. The molecule has 0 aromatic heterocycles. The molecular formula is C25H22F5IN2O6. The van der Waals surface area contributed by atoms with Gasteiger partial charge in [0.25, 0.3) is 0 Å². The summed E-state index contributed by atoms with van der Waals surface area (Å²) < 4.78 is 67.0. The van der Waals surface area contributed by atoms with Gasteiger partial charge in [-0.2, -0.15) is 15.0 Å². The van der Waals surface area contributed by atoms with Gasteiger partial charge in [-0.25, -0.2) is 8.78 Å². The van der Waals surface area contributed by atoms with Crippen molar-refractivity contribution in [2.24, 2.45) is 0 Å². The van der Waals surface area contributed by atoms with Crippen LogP contribution in [0.25, 0.3) is 0 Å². The van der Waals surface area contributed by atoms with E-state index < -0.39 is 50.0 Å². The summed E-state index contributed by atoms with van der Waals surface area (Å²) in [6.45, 7) is 2.11. The molecule has 3 aromatic carbocycles. The fourth-order valence-electron chi connectivity index (χ4n) is 2.79. The molecule has 1 heterocycles. The monoisotopic (exact) mass is 668 g/mol. The molecule has 0 radical (unpaired) electrons. The van der Waals surface area contributed by atoms with Crippen molar-refractivity contribution in [3.8, 4) is 0 Å². The van der Waals surface area contributed by atoms with E-state index in [1.165, 1.54) is 31.2 Å². The zero-order valence-electron chi connectivity index (χ0n) is 20.6. The van der Waals surface area contributed by atoms with Crippen molar-refractivity contribution < 1.29 is 49.4 Å². The average Bonchev–Trinajstić information content (AvgIpc) is 3.17. The zero-order chi connectivity index (χ0) is 29.3. The van der Waals surface area contributed by atoms with E-state index in [-0.39, 0.29) is 22.4 Å². The molecule has 0 atom stereocenters. The van der Waals surface area contributed by atoms with Crippen LogP contribution in [0.4, 0.5) is 33.3 Å². The zero-order valence-corrected chi connectivity index (χ0v) is 22.7. The first-order valence-corrected chi connectivity index (χ1v) is 14.8. The van der Waals surface area contributed by atoms with Crippen LogP contribution in [0.15, 0.2) is 72.8 Å². The quantitative estimate of drug-likeness (QED) is 0.116. The summed E-state index contributed by atoms with van der Waals surface area (Å²) in [5, 5.41) is 9.55. The van der Waals surface area contributed by atoms with Crippen LogP contribution in [0, 0.1) is 15.2 Å². The second-order valence-electron chi connectivity index (χ2n) is 7.40. The Kier molecular flexibility index (Phi) is 11.3. The third-order valence-electron chi connectivity index (χ3n) is 4.48. The van der Waals surface area contributed by atoms with Crippen LogP contribution in [0.1, 0.15) is 24.2 Å². The van der Waals surface area contributed by atoms with Gasteiger partial charge in [-0.15, -0.1) is 13.2 Å². The summed E-state index contributed by atoms with van der Waals surface area (Å²) in [5.74, 6) is -2.64. The van der Waals surface area contributed by atoms with E-state index >= 15 is 0 Å². The molecule has 0 unspecified atom stereocenters. The first-order chi connectivity index (χ1) is 18.2. The number of anilines is 2. The Morgan fingerprint density at radius 3 is 1.77 bits per heavy atom. The van der Waals surface area contributed by atoms with Crippen LogP contribution in [0.3, 0.4) is 0 Å². The number of carbonyl (C=O) groups excluding carboxylic acids is 3. The fourth-order valence-corrected chi connectivity index (χ4v) is 5.80. The third kappa shape index (κ3) is 9.88. The molecule has 2 amide bonds. The number of hydrogen-bond donors (Lipinski definition) is 1. The maximum atomic E-state index is 12.5. The van der Waals surface area contributed by atoms with Gasteiger partial charge in [0.2, 0.25) is 11.8 Å². The third-order valence-corrected chi connectivity index (χ3v) is 8.12. The molecule has 0 bridgehead atoms. The van der Waals surface area contributed by atoms with Gasteiger partial charge >= 0.3 is 78.8 Å². The molecular weight excluding hydrogens is 646 g/mol. The summed E-state index contributed by atoms with van der Waals surface area (Å²) >= 11 is -1.52. The molecule has 3 aromatic rings. The molecule has 0 fully saturated rings.